The van der Waals surface area contributed by atoms with Crippen molar-refractivity contribution in [2.75, 3.05) is 11.9 Å². The Balaban J connectivity index is 1.64. The van der Waals surface area contributed by atoms with Gasteiger partial charge in [-0.05, 0) is 49.1 Å². The number of carboxylic acids is 1. The molecule has 4 heteroatoms. The van der Waals surface area contributed by atoms with Crippen LogP contribution in [0.4, 0.5) is 5.82 Å². The summed E-state index contributed by atoms with van der Waals surface area (Å²) < 4.78 is 0. The third-order valence-electron chi connectivity index (χ3n) is 3.93. The molecule has 17 heavy (non-hydrogen) atoms. The summed E-state index contributed by atoms with van der Waals surface area (Å²) in [5.41, 5.74) is 0.604. The molecule has 0 radical (unpaired) electrons. The average molecular weight is 232 g/mol. The van der Waals surface area contributed by atoms with Crippen LogP contribution in [0.5, 0.6) is 0 Å². The number of carbonyl (C=O) groups is 1. The Bertz CT molecular complexity index is 450. The molecule has 2 fully saturated rings. The maximum Gasteiger partial charge on any atom is 0.354 e. The molecule has 4 nitrogen and oxygen atoms in total. The van der Waals surface area contributed by atoms with E-state index in [0.717, 1.165) is 12.5 Å². The van der Waals surface area contributed by atoms with Crippen molar-refractivity contribution in [3.05, 3.63) is 23.9 Å². The fourth-order valence-electron chi connectivity index (χ4n) is 2.50. The van der Waals surface area contributed by atoms with Gasteiger partial charge in [-0.2, -0.15) is 0 Å². The third kappa shape index (κ3) is 2.12. The van der Waals surface area contributed by atoms with E-state index in [4.69, 9.17) is 5.11 Å². The molecular weight excluding hydrogens is 216 g/mol. The zero-order chi connectivity index (χ0) is 11.9. The molecule has 1 aromatic heterocycles. The minimum atomic E-state index is -0.975. The van der Waals surface area contributed by atoms with Gasteiger partial charge in [-0.15, -0.1) is 0 Å². The first kappa shape index (κ1) is 10.6. The molecule has 0 saturated heterocycles. The fourth-order valence-corrected chi connectivity index (χ4v) is 2.50. The second-order valence-electron chi connectivity index (χ2n) is 5.20. The van der Waals surface area contributed by atoms with E-state index < -0.39 is 5.97 Å². The van der Waals surface area contributed by atoms with E-state index in [9.17, 15) is 4.79 Å². The Morgan fingerprint density at radius 2 is 2.24 bits per heavy atom. The van der Waals surface area contributed by atoms with Gasteiger partial charge in [-0.3, -0.25) is 0 Å². The van der Waals surface area contributed by atoms with Crippen molar-refractivity contribution in [2.45, 2.75) is 25.7 Å². The van der Waals surface area contributed by atoms with Gasteiger partial charge in [0, 0.05) is 6.54 Å². The van der Waals surface area contributed by atoms with E-state index >= 15 is 0 Å². The van der Waals surface area contributed by atoms with Crippen molar-refractivity contribution in [3.8, 4) is 0 Å². The fraction of sp³-hybridized carbons (Fsp3) is 0.538. The normalized spacial score (nSPS) is 20.9. The maximum absolute atomic E-state index is 10.8. The molecule has 0 bridgehead atoms. The summed E-state index contributed by atoms with van der Waals surface area (Å²) in [6.07, 6.45) is 5.35. The van der Waals surface area contributed by atoms with Gasteiger partial charge in [-0.1, -0.05) is 6.07 Å². The minimum Gasteiger partial charge on any atom is -0.477 e. The predicted molar refractivity (Wildman–Crippen MR) is 64.1 cm³/mol. The number of hydrogen-bond donors (Lipinski definition) is 2. The first-order chi connectivity index (χ1) is 8.20. The van der Waals surface area contributed by atoms with Crippen LogP contribution >= 0.6 is 0 Å². The lowest BCUT2D eigenvalue weighted by Crippen LogP contribution is -2.18. The van der Waals surface area contributed by atoms with Gasteiger partial charge < -0.3 is 10.4 Å². The van der Waals surface area contributed by atoms with E-state index in [0.29, 0.717) is 11.2 Å². The minimum absolute atomic E-state index is 0.103. The highest BCUT2D eigenvalue weighted by molar-refractivity contribution is 5.85. The molecule has 0 amide bonds. The quantitative estimate of drug-likeness (QED) is 0.818. The van der Waals surface area contributed by atoms with Crippen LogP contribution in [-0.4, -0.2) is 22.6 Å². The van der Waals surface area contributed by atoms with E-state index in [-0.39, 0.29) is 5.69 Å². The van der Waals surface area contributed by atoms with Crippen LogP contribution < -0.4 is 5.32 Å². The summed E-state index contributed by atoms with van der Waals surface area (Å²) in [5, 5.41) is 12.1. The van der Waals surface area contributed by atoms with Crippen LogP contribution in [0.1, 0.15) is 36.2 Å². The monoisotopic (exact) mass is 232 g/mol. The number of nitrogens with one attached hydrogen (secondary N) is 1. The van der Waals surface area contributed by atoms with Crippen LogP contribution in [0.3, 0.4) is 0 Å². The Hall–Kier alpha value is -1.58. The summed E-state index contributed by atoms with van der Waals surface area (Å²) >= 11 is 0. The van der Waals surface area contributed by atoms with Crippen molar-refractivity contribution in [1.29, 1.82) is 0 Å². The van der Waals surface area contributed by atoms with E-state index in [1.807, 2.05) is 6.07 Å². The molecule has 2 N–H and O–H groups in total. The lowest BCUT2D eigenvalue weighted by Gasteiger charge is -2.15. The van der Waals surface area contributed by atoms with Gasteiger partial charge >= 0.3 is 5.97 Å². The summed E-state index contributed by atoms with van der Waals surface area (Å²) in [6, 6.07) is 5.08. The van der Waals surface area contributed by atoms with Gasteiger partial charge in [0.05, 0.1) is 0 Å². The standard InChI is InChI=1S/C13H16N2O2/c16-12(17)10-2-1-3-11(15-10)14-8-13(6-7-13)9-4-5-9/h1-3,9H,4-8H2,(H,14,15)(H,16,17). The third-order valence-corrected chi connectivity index (χ3v) is 3.93. The summed E-state index contributed by atoms with van der Waals surface area (Å²) in [4.78, 5) is 14.9. The summed E-state index contributed by atoms with van der Waals surface area (Å²) in [6.45, 7) is 0.938. The van der Waals surface area contributed by atoms with Gasteiger partial charge in [0.1, 0.15) is 5.82 Å². The van der Waals surface area contributed by atoms with Crippen LogP contribution in [0.15, 0.2) is 18.2 Å². The highest BCUT2D eigenvalue weighted by atomic mass is 16.4. The largest absolute Gasteiger partial charge is 0.477 e. The number of anilines is 1. The molecular formula is C13H16N2O2. The average Bonchev–Trinajstić information content (AvgIpc) is 3.17. The first-order valence-corrected chi connectivity index (χ1v) is 6.14. The molecule has 1 aromatic rings. The van der Waals surface area contributed by atoms with Crippen LogP contribution in [0.2, 0.25) is 0 Å². The van der Waals surface area contributed by atoms with Crippen molar-refractivity contribution in [3.63, 3.8) is 0 Å². The second-order valence-corrected chi connectivity index (χ2v) is 5.20. The SMILES string of the molecule is O=C(O)c1cccc(NCC2(C3CC3)CC2)n1. The number of nitrogens with zero attached hydrogens (tertiary/aromatic N) is 1. The van der Waals surface area contributed by atoms with Gasteiger partial charge in [0.2, 0.25) is 0 Å². The second kappa shape index (κ2) is 3.72. The van der Waals surface area contributed by atoms with Crippen LogP contribution in [0.25, 0.3) is 0 Å². The first-order valence-electron chi connectivity index (χ1n) is 6.14. The van der Waals surface area contributed by atoms with Crippen LogP contribution in [0, 0.1) is 11.3 Å². The predicted octanol–water partition coefficient (Wildman–Crippen LogP) is 2.38. The zero-order valence-corrected chi connectivity index (χ0v) is 9.65. The number of pyridine rings is 1. The smallest absolute Gasteiger partial charge is 0.354 e. The van der Waals surface area contributed by atoms with Gasteiger partial charge in [0.15, 0.2) is 5.69 Å². The number of aromatic nitrogens is 1. The van der Waals surface area contributed by atoms with Crippen molar-refractivity contribution in [2.24, 2.45) is 11.3 Å². The van der Waals surface area contributed by atoms with Crippen molar-refractivity contribution < 1.29 is 9.90 Å². The molecule has 2 aliphatic carbocycles. The van der Waals surface area contributed by atoms with Crippen LogP contribution in [-0.2, 0) is 0 Å². The number of rotatable bonds is 5. The summed E-state index contributed by atoms with van der Waals surface area (Å²) in [5.74, 6) is 0.603. The lowest BCUT2D eigenvalue weighted by molar-refractivity contribution is 0.0690. The highest BCUT2D eigenvalue weighted by Crippen LogP contribution is 2.61. The Kier molecular flexibility index (Phi) is 2.31. The number of carboxylic acid groups (broad SMARTS) is 1. The number of hydrogen-bond acceptors (Lipinski definition) is 3. The topological polar surface area (TPSA) is 62.2 Å². The Morgan fingerprint density at radius 3 is 2.82 bits per heavy atom. The van der Waals surface area contributed by atoms with Crippen molar-refractivity contribution in [1.82, 2.24) is 4.98 Å². The molecule has 0 unspecified atom stereocenters. The molecule has 2 saturated carbocycles. The highest BCUT2D eigenvalue weighted by Gasteiger charge is 2.53. The molecule has 1 heterocycles. The Labute approximate surface area is 100 Å². The van der Waals surface area contributed by atoms with Gasteiger partial charge in [-0.25, -0.2) is 9.78 Å². The van der Waals surface area contributed by atoms with E-state index in [1.165, 1.54) is 31.7 Å². The lowest BCUT2D eigenvalue weighted by atomic mass is 10.0. The van der Waals surface area contributed by atoms with Gasteiger partial charge in [0.25, 0.3) is 0 Å². The maximum atomic E-state index is 10.8. The molecule has 0 spiro atoms. The molecule has 90 valence electrons. The molecule has 0 atom stereocenters. The molecule has 2 aliphatic rings. The summed E-state index contributed by atoms with van der Waals surface area (Å²) in [7, 11) is 0. The van der Waals surface area contributed by atoms with E-state index in [2.05, 4.69) is 10.3 Å². The number of aromatic carboxylic acids is 1. The zero-order valence-electron chi connectivity index (χ0n) is 9.65. The Morgan fingerprint density at radius 1 is 1.47 bits per heavy atom. The van der Waals surface area contributed by atoms with Crippen molar-refractivity contribution >= 4 is 11.8 Å². The molecule has 0 aromatic carbocycles. The molecule has 0 aliphatic heterocycles. The molecule has 3 rings (SSSR count). The van der Waals surface area contributed by atoms with E-state index in [1.54, 1.807) is 6.07 Å².